The molecular weight excluding hydrogens is 238 g/mol. The van der Waals surface area contributed by atoms with Gasteiger partial charge in [0.05, 0.1) is 11.8 Å². The molecule has 0 saturated carbocycles. The number of fused-ring (bicyclic) bond motifs is 3. The van der Waals surface area contributed by atoms with Crippen molar-refractivity contribution in [2.45, 2.75) is 45.4 Å². The minimum atomic E-state index is 0.0579. The second-order valence-electron chi connectivity index (χ2n) is 5.82. The molecule has 4 nitrogen and oxygen atoms in total. The lowest BCUT2D eigenvalue weighted by Crippen LogP contribution is -2.55. The Morgan fingerprint density at radius 3 is 3.00 bits per heavy atom. The number of pyridine rings is 1. The van der Waals surface area contributed by atoms with Crippen molar-refractivity contribution in [3.63, 3.8) is 0 Å². The third-order valence-corrected chi connectivity index (χ3v) is 4.44. The maximum Gasteiger partial charge on any atom is 0.132 e. The van der Waals surface area contributed by atoms with Gasteiger partial charge < -0.3 is 15.0 Å². The van der Waals surface area contributed by atoms with E-state index in [1.54, 1.807) is 7.11 Å². The van der Waals surface area contributed by atoms with Gasteiger partial charge in [0, 0.05) is 32.3 Å². The van der Waals surface area contributed by atoms with E-state index in [9.17, 15) is 0 Å². The van der Waals surface area contributed by atoms with Crippen molar-refractivity contribution in [1.29, 1.82) is 0 Å². The summed E-state index contributed by atoms with van der Waals surface area (Å²) in [6.45, 7) is 8.58. The molecule has 1 N–H and O–H groups in total. The fourth-order valence-corrected chi connectivity index (χ4v) is 3.39. The molecule has 3 heterocycles. The molecule has 2 aliphatic heterocycles. The minimum absolute atomic E-state index is 0.0579. The normalized spacial score (nSPS) is 27.1. The quantitative estimate of drug-likeness (QED) is 0.881. The summed E-state index contributed by atoms with van der Waals surface area (Å²) < 4.78 is 5.45. The fourth-order valence-electron chi connectivity index (χ4n) is 3.39. The zero-order chi connectivity index (χ0) is 13.6. The molecule has 4 heteroatoms. The van der Waals surface area contributed by atoms with Gasteiger partial charge in [-0.15, -0.1) is 0 Å². The molecule has 0 amide bonds. The molecule has 1 aromatic rings. The van der Waals surface area contributed by atoms with E-state index in [1.807, 2.05) is 0 Å². The van der Waals surface area contributed by atoms with Crippen LogP contribution in [0.25, 0.3) is 0 Å². The van der Waals surface area contributed by atoms with Crippen LogP contribution in [-0.2, 0) is 11.2 Å². The number of nitrogens with zero attached hydrogens (tertiary/aromatic N) is 2. The molecule has 1 aromatic heterocycles. The molecule has 1 saturated heterocycles. The summed E-state index contributed by atoms with van der Waals surface area (Å²) in [5, 5.41) is 3.51. The molecule has 2 aliphatic rings. The number of anilines is 1. The lowest BCUT2D eigenvalue weighted by atomic mass is 10.1. The largest absolute Gasteiger partial charge is 0.375 e. The Balaban J connectivity index is 2.03. The number of aromatic nitrogens is 1. The Labute approximate surface area is 115 Å². The van der Waals surface area contributed by atoms with Crippen LogP contribution in [-0.4, -0.2) is 37.3 Å². The van der Waals surface area contributed by atoms with Crippen molar-refractivity contribution in [1.82, 2.24) is 10.3 Å². The molecular formula is C15H23N3O. The Hall–Kier alpha value is -1.13. The van der Waals surface area contributed by atoms with E-state index in [-0.39, 0.29) is 6.10 Å². The molecule has 3 atom stereocenters. The Kier molecular flexibility index (Phi) is 3.23. The van der Waals surface area contributed by atoms with Gasteiger partial charge in [-0.05, 0) is 38.3 Å². The highest BCUT2D eigenvalue weighted by molar-refractivity contribution is 5.57. The third kappa shape index (κ3) is 2.03. The van der Waals surface area contributed by atoms with E-state index in [1.165, 1.54) is 16.9 Å². The standard InChI is InChI=1S/C15H23N3O/c1-9-5-12-6-13-8-16-7-10(2)18(13)15(12)17-14(9)11(3)19-4/h5,10-11,13,16H,6-8H2,1-4H3/t10-,11-,13-/m1/s1. The molecule has 19 heavy (non-hydrogen) atoms. The van der Waals surface area contributed by atoms with Gasteiger partial charge in [0.2, 0.25) is 0 Å². The predicted molar refractivity (Wildman–Crippen MR) is 76.7 cm³/mol. The average Bonchev–Trinajstić information content (AvgIpc) is 2.75. The molecule has 0 aliphatic carbocycles. The number of hydrogen-bond donors (Lipinski definition) is 1. The molecule has 0 unspecified atom stereocenters. The van der Waals surface area contributed by atoms with Crippen LogP contribution < -0.4 is 10.2 Å². The first-order valence-electron chi connectivity index (χ1n) is 7.14. The number of aryl methyl sites for hydroxylation is 1. The first-order chi connectivity index (χ1) is 9.11. The molecule has 104 valence electrons. The molecule has 0 aromatic carbocycles. The predicted octanol–water partition coefficient (Wildman–Crippen LogP) is 1.82. The molecule has 0 radical (unpaired) electrons. The van der Waals surface area contributed by atoms with E-state index in [2.05, 4.69) is 37.1 Å². The fraction of sp³-hybridized carbons (Fsp3) is 0.667. The minimum Gasteiger partial charge on any atom is -0.375 e. The number of ether oxygens (including phenoxy) is 1. The summed E-state index contributed by atoms with van der Waals surface area (Å²) in [4.78, 5) is 7.43. The van der Waals surface area contributed by atoms with E-state index in [0.29, 0.717) is 12.1 Å². The van der Waals surface area contributed by atoms with E-state index >= 15 is 0 Å². The van der Waals surface area contributed by atoms with Crippen LogP contribution in [0, 0.1) is 6.92 Å². The van der Waals surface area contributed by atoms with Crippen LogP contribution in [0.4, 0.5) is 5.82 Å². The van der Waals surface area contributed by atoms with Crippen molar-refractivity contribution in [3.05, 3.63) is 22.9 Å². The third-order valence-electron chi connectivity index (χ3n) is 4.44. The molecule has 0 spiro atoms. The van der Waals surface area contributed by atoms with Gasteiger partial charge in [0.1, 0.15) is 5.82 Å². The van der Waals surface area contributed by atoms with Crippen LogP contribution in [0.5, 0.6) is 0 Å². The van der Waals surface area contributed by atoms with Crippen molar-refractivity contribution >= 4 is 5.82 Å². The monoisotopic (exact) mass is 261 g/mol. The molecule has 0 bridgehead atoms. The topological polar surface area (TPSA) is 37.4 Å². The van der Waals surface area contributed by atoms with E-state index < -0.39 is 0 Å². The maximum atomic E-state index is 5.45. The lowest BCUT2D eigenvalue weighted by molar-refractivity contribution is 0.115. The Morgan fingerprint density at radius 2 is 2.26 bits per heavy atom. The zero-order valence-electron chi connectivity index (χ0n) is 12.2. The van der Waals surface area contributed by atoms with Crippen LogP contribution in [0.3, 0.4) is 0 Å². The summed E-state index contributed by atoms with van der Waals surface area (Å²) in [5.74, 6) is 1.18. The Bertz CT molecular complexity index is 489. The smallest absolute Gasteiger partial charge is 0.132 e. The van der Waals surface area contributed by atoms with Gasteiger partial charge >= 0.3 is 0 Å². The van der Waals surface area contributed by atoms with Gasteiger partial charge in [-0.2, -0.15) is 0 Å². The van der Waals surface area contributed by atoms with Gasteiger partial charge in [-0.3, -0.25) is 0 Å². The number of methoxy groups -OCH3 is 1. The summed E-state index contributed by atoms with van der Waals surface area (Å²) >= 11 is 0. The highest BCUT2D eigenvalue weighted by atomic mass is 16.5. The lowest BCUT2D eigenvalue weighted by Gasteiger charge is -2.38. The van der Waals surface area contributed by atoms with Gasteiger partial charge in [0.25, 0.3) is 0 Å². The zero-order valence-corrected chi connectivity index (χ0v) is 12.2. The number of piperazine rings is 1. The van der Waals surface area contributed by atoms with E-state index in [0.717, 1.165) is 25.2 Å². The van der Waals surface area contributed by atoms with Gasteiger partial charge in [-0.1, -0.05) is 6.07 Å². The van der Waals surface area contributed by atoms with Crippen LogP contribution >= 0.6 is 0 Å². The van der Waals surface area contributed by atoms with Crippen molar-refractivity contribution in [2.24, 2.45) is 0 Å². The average molecular weight is 261 g/mol. The van der Waals surface area contributed by atoms with Crippen molar-refractivity contribution in [3.8, 4) is 0 Å². The summed E-state index contributed by atoms with van der Waals surface area (Å²) in [6.07, 6.45) is 1.17. The first kappa shape index (κ1) is 12.9. The SMILES string of the molecule is CO[C@H](C)c1nc2c(cc1C)C[C@@H]1CNC[C@@H](C)N21. The van der Waals surface area contributed by atoms with Gasteiger partial charge in [-0.25, -0.2) is 4.98 Å². The van der Waals surface area contributed by atoms with E-state index in [4.69, 9.17) is 9.72 Å². The number of nitrogens with one attached hydrogen (secondary N) is 1. The second-order valence-corrected chi connectivity index (χ2v) is 5.82. The van der Waals surface area contributed by atoms with Crippen LogP contribution in [0.2, 0.25) is 0 Å². The summed E-state index contributed by atoms with van der Waals surface area (Å²) in [7, 11) is 1.75. The van der Waals surface area contributed by atoms with Crippen LogP contribution in [0.1, 0.15) is 36.8 Å². The first-order valence-corrected chi connectivity index (χ1v) is 7.14. The highest BCUT2D eigenvalue weighted by Crippen LogP contribution is 2.35. The van der Waals surface area contributed by atoms with Crippen molar-refractivity contribution < 1.29 is 4.74 Å². The highest BCUT2D eigenvalue weighted by Gasteiger charge is 2.36. The molecule has 1 fully saturated rings. The summed E-state index contributed by atoms with van der Waals surface area (Å²) in [6, 6.07) is 3.39. The summed E-state index contributed by atoms with van der Waals surface area (Å²) in [5.41, 5.74) is 3.71. The van der Waals surface area contributed by atoms with Crippen molar-refractivity contribution in [2.75, 3.05) is 25.1 Å². The van der Waals surface area contributed by atoms with Gasteiger partial charge in [0.15, 0.2) is 0 Å². The number of rotatable bonds is 2. The maximum absolute atomic E-state index is 5.45. The Morgan fingerprint density at radius 1 is 1.47 bits per heavy atom. The van der Waals surface area contributed by atoms with Crippen LogP contribution in [0.15, 0.2) is 6.07 Å². The molecule has 3 rings (SSSR count). The number of hydrogen-bond acceptors (Lipinski definition) is 4. The second kappa shape index (κ2) is 4.76.